The quantitative estimate of drug-likeness (QED) is 0.625. The number of hydrogen-bond acceptors (Lipinski definition) is 4. The first-order chi connectivity index (χ1) is 10.2. The van der Waals surface area contributed by atoms with Crippen LogP contribution in [0.2, 0.25) is 5.02 Å². The second-order valence-corrected chi connectivity index (χ2v) is 5.63. The molecule has 0 atom stereocenters. The maximum absolute atomic E-state index is 6.00. The van der Waals surface area contributed by atoms with Crippen LogP contribution in [0.1, 0.15) is 12.6 Å². The Balaban J connectivity index is 2.16. The standard InChI is InChI=1S/C15H18ClN3OS/c1-4-19(15(17-2)21-3)10-13-9-14(20-18-13)11-6-5-7-12(16)8-11/h5-9H,4,10H2,1-3H3/b17-15-. The smallest absolute Gasteiger partial charge is 0.167 e. The van der Waals surface area contributed by atoms with Crippen LogP contribution in [0.15, 0.2) is 39.8 Å². The number of aromatic nitrogens is 1. The zero-order valence-corrected chi connectivity index (χ0v) is 13.9. The van der Waals surface area contributed by atoms with Gasteiger partial charge >= 0.3 is 0 Å². The number of nitrogens with zero attached hydrogens (tertiary/aromatic N) is 3. The Bertz CT molecular complexity index is 627. The van der Waals surface area contributed by atoms with Gasteiger partial charge in [0.1, 0.15) is 5.69 Å². The first-order valence-electron chi connectivity index (χ1n) is 6.65. The van der Waals surface area contributed by atoms with Gasteiger partial charge in [-0.3, -0.25) is 4.99 Å². The van der Waals surface area contributed by atoms with Gasteiger partial charge in [-0.1, -0.05) is 40.7 Å². The van der Waals surface area contributed by atoms with E-state index in [1.807, 2.05) is 36.6 Å². The number of benzene rings is 1. The fourth-order valence-corrected chi connectivity index (χ4v) is 2.86. The molecule has 1 aromatic heterocycles. The van der Waals surface area contributed by atoms with Crippen LogP contribution in [-0.4, -0.2) is 35.1 Å². The van der Waals surface area contributed by atoms with Crippen LogP contribution in [0.4, 0.5) is 0 Å². The maximum Gasteiger partial charge on any atom is 0.167 e. The lowest BCUT2D eigenvalue weighted by Gasteiger charge is -2.21. The molecule has 21 heavy (non-hydrogen) atoms. The summed E-state index contributed by atoms with van der Waals surface area (Å²) in [6.07, 6.45) is 2.02. The zero-order valence-electron chi connectivity index (χ0n) is 12.3. The molecule has 2 rings (SSSR count). The van der Waals surface area contributed by atoms with Gasteiger partial charge in [0, 0.05) is 30.2 Å². The van der Waals surface area contributed by atoms with E-state index in [0.29, 0.717) is 11.6 Å². The van der Waals surface area contributed by atoms with E-state index in [2.05, 4.69) is 22.0 Å². The molecule has 2 aromatic rings. The van der Waals surface area contributed by atoms with Crippen molar-refractivity contribution < 1.29 is 4.52 Å². The van der Waals surface area contributed by atoms with E-state index in [1.54, 1.807) is 18.8 Å². The summed E-state index contributed by atoms with van der Waals surface area (Å²) >= 11 is 7.63. The molecule has 0 radical (unpaired) electrons. The molecular weight excluding hydrogens is 306 g/mol. The number of amidine groups is 1. The SMILES string of the molecule is CCN(Cc1cc(-c2cccc(Cl)c2)on1)/C(=N/C)SC. The van der Waals surface area contributed by atoms with Gasteiger partial charge in [-0.25, -0.2) is 0 Å². The van der Waals surface area contributed by atoms with Gasteiger partial charge in [0.25, 0.3) is 0 Å². The number of rotatable bonds is 4. The molecule has 0 fully saturated rings. The molecule has 4 nitrogen and oxygen atoms in total. The van der Waals surface area contributed by atoms with E-state index in [-0.39, 0.29) is 0 Å². The number of aliphatic imine (C=N–C) groups is 1. The van der Waals surface area contributed by atoms with Crippen molar-refractivity contribution in [1.82, 2.24) is 10.1 Å². The topological polar surface area (TPSA) is 41.6 Å². The highest BCUT2D eigenvalue weighted by molar-refractivity contribution is 8.13. The van der Waals surface area contributed by atoms with Crippen LogP contribution in [0.5, 0.6) is 0 Å². The lowest BCUT2D eigenvalue weighted by molar-refractivity contribution is 0.389. The van der Waals surface area contributed by atoms with Crippen molar-refractivity contribution in [2.45, 2.75) is 13.5 Å². The number of thioether (sulfide) groups is 1. The lowest BCUT2D eigenvalue weighted by atomic mass is 10.1. The highest BCUT2D eigenvalue weighted by atomic mass is 35.5. The van der Waals surface area contributed by atoms with E-state index in [1.165, 1.54) is 0 Å². The summed E-state index contributed by atoms with van der Waals surface area (Å²) < 4.78 is 5.42. The van der Waals surface area contributed by atoms with Crippen molar-refractivity contribution in [2.24, 2.45) is 4.99 Å². The third kappa shape index (κ3) is 4.02. The van der Waals surface area contributed by atoms with E-state index >= 15 is 0 Å². The third-order valence-electron chi connectivity index (χ3n) is 3.05. The molecule has 0 saturated carbocycles. The predicted molar refractivity (Wildman–Crippen MR) is 89.9 cm³/mol. The molecule has 0 amide bonds. The van der Waals surface area contributed by atoms with Gasteiger partial charge in [0.05, 0.1) is 6.54 Å². The molecule has 0 spiro atoms. The minimum absolute atomic E-state index is 0.675. The van der Waals surface area contributed by atoms with Crippen molar-refractivity contribution in [3.63, 3.8) is 0 Å². The van der Waals surface area contributed by atoms with Crippen molar-refractivity contribution in [3.8, 4) is 11.3 Å². The monoisotopic (exact) mass is 323 g/mol. The minimum Gasteiger partial charge on any atom is -0.356 e. The van der Waals surface area contributed by atoms with Crippen molar-refractivity contribution >= 4 is 28.5 Å². The molecule has 1 heterocycles. The molecule has 0 aliphatic carbocycles. The van der Waals surface area contributed by atoms with Gasteiger partial charge in [0.15, 0.2) is 10.9 Å². The van der Waals surface area contributed by atoms with Crippen molar-refractivity contribution in [2.75, 3.05) is 19.8 Å². The lowest BCUT2D eigenvalue weighted by Crippen LogP contribution is -2.28. The molecular formula is C15H18ClN3OS. The molecule has 0 N–H and O–H groups in total. The number of halogens is 1. The molecule has 1 aromatic carbocycles. The summed E-state index contributed by atoms with van der Waals surface area (Å²) in [6, 6.07) is 9.50. The summed E-state index contributed by atoms with van der Waals surface area (Å²) in [5.41, 5.74) is 1.81. The Labute approximate surface area is 134 Å². The van der Waals surface area contributed by atoms with Crippen LogP contribution in [-0.2, 0) is 6.54 Å². The van der Waals surface area contributed by atoms with Gasteiger partial charge in [0.2, 0.25) is 0 Å². The summed E-state index contributed by atoms with van der Waals surface area (Å²) in [5, 5.41) is 5.81. The number of hydrogen-bond donors (Lipinski definition) is 0. The van der Waals surface area contributed by atoms with E-state index in [0.717, 1.165) is 28.7 Å². The highest BCUT2D eigenvalue weighted by Crippen LogP contribution is 2.24. The van der Waals surface area contributed by atoms with Crippen LogP contribution < -0.4 is 0 Å². The summed E-state index contributed by atoms with van der Waals surface area (Å²) in [4.78, 5) is 6.44. The van der Waals surface area contributed by atoms with E-state index in [4.69, 9.17) is 16.1 Å². The van der Waals surface area contributed by atoms with Crippen LogP contribution in [0.25, 0.3) is 11.3 Å². The summed E-state index contributed by atoms with van der Waals surface area (Å²) in [6.45, 7) is 3.64. The third-order valence-corrected chi connectivity index (χ3v) is 4.09. The molecule has 6 heteroatoms. The minimum atomic E-state index is 0.675. The predicted octanol–water partition coefficient (Wildman–Crippen LogP) is 4.17. The largest absolute Gasteiger partial charge is 0.356 e. The molecule has 0 saturated heterocycles. The zero-order chi connectivity index (χ0) is 15.2. The fraction of sp³-hybridized carbons (Fsp3) is 0.333. The van der Waals surface area contributed by atoms with E-state index in [9.17, 15) is 0 Å². The molecule has 112 valence electrons. The molecule has 0 aliphatic rings. The van der Waals surface area contributed by atoms with Crippen molar-refractivity contribution in [3.05, 3.63) is 41.0 Å². The van der Waals surface area contributed by atoms with Gasteiger partial charge < -0.3 is 9.42 Å². The average Bonchev–Trinajstić information content (AvgIpc) is 2.96. The average molecular weight is 324 g/mol. The fourth-order valence-electron chi connectivity index (χ4n) is 2.04. The van der Waals surface area contributed by atoms with E-state index < -0.39 is 0 Å². The Morgan fingerprint density at radius 2 is 2.24 bits per heavy atom. The molecule has 0 unspecified atom stereocenters. The second-order valence-electron chi connectivity index (χ2n) is 4.42. The second kappa shape index (κ2) is 7.52. The highest BCUT2D eigenvalue weighted by Gasteiger charge is 2.13. The molecule has 0 aliphatic heterocycles. The Hall–Kier alpha value is -1.46. The first kappa shape index (κ1) is 15.9. The summed E-state index contributed by atoms with van der Waals surface area (Å²) in [7, 11) is 1.80. The maximum atomic E-state index is 6.00. The normalized spacial score (nSPS) is 11.7. The Morgan fingerprint density at radius 3 is 2.86 bits per heavy atom. The van der Waals surface area contributed by atoms with Gasteiger partial charge in [-0.15, -0.1) is 0 Å². The van der Waals surface area contributed by atoms with Crippen molar-refractivity contribution in [1.29, 1.82) is 0 Å². The van der Waals surface area contributed by atoms with Gasteiger partial charge in [-0.05, 0) is 25.3 Å². The molecule has 0 bridgehead atoms. The Morgan fingerprint density at radius 1 is 1.43 bits per heavy atom. The first-order valence-corrected chi connectivity index (χ1v) is 8.25. The van der Waals surface area contributed by atoms with Crippen LogP contribution >= 0.6 is 23.4 Å². The summed E-state index contributed by atoms with van der Waals surface area (Å²) in [5.74, 6) is 0.725. The van der Waals surface area contributed by atoms with Crippen LogP contribution in [0, 0.1) is 0 Å². The Kier molecular flexibility index (Phi) is 5.70. The van der Waals surface area contributed by atoms with Gasteiger partial charge in [-0.2, -0.15) is 0 Å². The van der Waals surface area contributed by atoms with Crippen LogP contribution in [0.3, 0.4) is 0 Å².